The van der Waals surface area contributed by atoms with Crippen molar-refractivity contribution in [2.24, 2.45) is 0 Å². The highest BCUT2D eigenvalue weighted by molar-refractivity contribution is 6.30. The average Bonchev–Trinajstić information content (AvgIpc) is 2.75. The van der Waals surface area contributed by atoms with Crippen molar-refractivity contribution in [3.05, 3.63) is 23.0 Å². The van der Waals surface area contributed by atoms with Crippen LogP contribution < -0.4 is 0 Å². The summed E-state index contributed by atoms with van der Waals surface area (Å²) in [6.45, 7) is 4.39. The van der Waals surface area contributed by atoms with Crippen LogP contribution in [-0.4, -0.2) is 40.1 Å². The summed E-state index contributed by atoms with van der Waals surface area (Å²) in [5.74, 6) is -0.111. The summed E-state index contributed by atoms with van der Waals surface area (Å²) in [4.78, 5) is 16.8. The Kier molecular flexibility index (Phi) is 5.51. The number of amides is 1. The van der Waals surface area contributed by atoms with Crippen LogP contribution in [-0.2, 0) is 0 Å². The maximum absolute atomic E-state index is 12.2. The molecule has 0 spiro atoms. The Bertz CT molecular complexity index is 361. The number of carbonyl (C=O) groups excluding carboxylic acids is 1. The zero-order valence-corrected chi connectivity index (χ0v) is 11.0. The molecule has 0 fully saturated rings. The van der Waals surface area contributed by atoms with Crippen molar-refractivity contribution in [3.8, 4) is 0 Å². The second kappa shape index (κ2) is 6.67. The van der Waals surface area contributed by atoms with Gasteiger partial charge >= 0.3 is 0 Å². The van der Waals surface area contributed by atoms with Crippen LogP contribution in [0.4, 0.5) is 0 Å². The number of aromatic nitrogens is 1. The highest BCUT2D eigenvalue weighted by atomic mass is 35.5. The second-order valence-electron chi connectivity index (χ2n) is 3.92. The SMILES string of the molecule is CCC(CC)N(CCO)C(=O)c1cc(Cl)c[nH]1. The average molecular weight is 259 g/mol. The van der Waals surface area contributed by atoms with Gasteiger partial charge in [0.2, 0.25) is 0 Å². The van der Waals surface area contributed by atoms with Crippen LogP contribution in [0, 0.1) is 0 Å². The Hall–Kier alpha value is -1.00. The van der Waals surface area contributed by atoms with E-state index in [9.17, 15) is 4.79 Å². The highest BCUT2D eigenvalue weighted by Gasteiger charge is 2.22. The fourth-order valence-corrected chi connectivity index (χ4v) is 2.10. The van der Waals surface area contributed by atoms with Gasteiger partial charge in [-0.05, 0) is 18.9 Å². The number of aliphatic hydroxyl groups is 1. The summed E-state index contributed by atoms with van der Waals surface area (Å²) in [6, 6.07) is 1.76. The minimum atomic E-state index is -0.111. The zero-order chi connectivity index (χ0) is 12.8. The predicted molar refractivity (Wildman–Crippen MR) is 68.3 cm³/mol. The van der Waals surface area contributed by atoms with Gasteiger partial charge < -0.3 is 15.0 Å². The Morgan fingerprint density at radius 1 is 1.53 bits per heavy atom. The standard InChI is InChI=1S/C12H19ClN2O2/c1-3-10(4-2)15(5-6-16)12(17)11-7-9(13)8-14-11/h7-8,10,14,16H,3-6H2,1-2H3. The van der Waals surface area contributed by atoms with Gasteiger partial charge in [-0.3, -0.25) is 4.79 Å². The van der Waals surface area contributed by atoms with E-state index >= 15 is 0 Å². The van der Waals surface area contributed by atoms with Crippen molar-refractivity contribution in [2.75, 3.05) is 13.2 Å². The number of carbonyl (C=O) groups is 1. The lowest BCUT2D eigenvalue weighted by Crippen LogP contribution is -2.41. The molecule has 0 saturated carbocycles. The number of hydrogen-bond donors (Lipinski definition) is 2. The van der Waals surface area contributed by atoms with Gasteiger partial charge in [-0.15, -0.1) is 0 Å². The summed E-state index contributed by atoms with van der Waals surface area (Å²) in [5, 5.41) is 9.56. The second-order valence-corrected chi connectivity index (χ2v) is 4.36. The smallest absolute Gasteiger partial charge is 0.270 e. The number of hydrogen-bond acceptors (Lipinski definition) is 2. The number of aromatic amines is 1. The molecule has 0 atom stereocenters. The first-order valence-corrected chi connectivity index (χ1v) is 6.27. The molecule has 1 rings (SSSR count). The van der Waals surface area contributed by atoms with Crippen molar-refractivity contribution < 1.29 is 9.90 Å². The summed E-state index contributed by atoms with van der Waals surface area (Å²) < 4.78 is 0. The monoisotopic (exact) mass is 258 g/mol. The highest BCUT2D eigenvalue weighted by Crippen LogP contribution is 2.15. The van der Waals surface area contributed by atoms with Crippen LogP contribution in [0.25, 0.3) is 0 Å². The quantitative estimate of drug-likeness (QED) is 0.823. The van der Waals surface area contributed by atoms with Crippen molar-refractivity contribution >= 4 is 17.5 Å². The van der Waals surface area contributed by atoms with Crippen LogP contribution in [0.1, 0.15) is 37.2 Å². The Morgan fingerprint density at radius 2 is 2.18 bits per heavy atom. The van der Waals surface area contributed by atoms with E-state index in [0.717, 1.165) is 12.8 Å². The molecule has 0 bridgehead atoms. The van der Waals surface area contributed by atoms with Crippen LogP contribution in [0.5, 0.6) is 0 Å². The van der Waals surface area contributed by atoms with Crippen LogP contribution >= 0.6 is 11.6 Å². The van der Waals surface area contributed by atoms with Crippen molar-refractivity contribution in [1.29, 1.82) is 0 Å². The van der Waals surface area contributed by atoms with E-state index in [2.05, 4.69) is 4.98 Å². The fourth-order valence-electron chi connectivity index (χ4n) is 1.93. The molecule has 0 aromatic carbocycles. The van der Waals surface area contributed by atoms with Gasteiger partial charge in [0.1, 0.15) is 5.69 Å². The molecule has 0 saturated heterocycles. The molecule has 1 heterocycles. The topological polar surface area (TPSA) is 56.3 Å². The molecule has 0 aliphatic rings. The number of rotatable bonds is 6. The molecular formula is C12H19ClN2O2. The van der Waals surface area contributed by atoms with Gasteiger partial charge in [-0.2, -0.15) is 0 Å². The third-order valence-corrected chi connectivity index (χ3v) is 3.08. The van der Waals surface area contributed by atoms with Gasteiger partial charge in [0.25, 0.3) is 5.91 Å². The maximum atomic E-state index is 12.2. The van der Waals surface area contributed by atoms with Crippen molar-refractivity contribution in [1.82, 2.24) is 9.88 Å². The Labute approximate surface area is 107 Å². The van der Waals surface area contributed by atoms with Gasteiger partial charge in [-0.25, -0.2) is 0 Å². The molecule has 0 radical (unpaired) electrons. The first kappa shape index (κ1) is 14.1. The van der Waals surface area contributed by atoms with E-state index < -0.39 is 0 Å². The Balaban J connectivity index is 2.86. The molecule has 2 N–H and O–H groups in total. The lowest BCUT2D eigenvalue weighted by molar-refractivity contribution is 0.0617. The molecular weight excluding hydrogens is 240 g/mol. The number of halogens is 1. The van der Waals surface area contributed by atoms with Crippen molar-refractivity contribution in [3.63, 3.8) is 0 Å². The number of aliphatic hydroxyl groups excluding tert-OH is 1. The maximum Gasteiger partial charge on any atom is 0.270 e. The van der Waals surface area contributed by atoms with Crippen LogP contribution in [0.3, 0.4) is 0 Å². The minimum absolute atomic E-state index is 0.0311. The predicted octanol–water partition coefficient (Wildman–Crippen LogP) is 2.29. The molecule has 17 heavy (non-hydrogen) atoms. The van der Waals surface area contributed by atoms with Crippen molar-refractivity contribution in [2.45, 2.75) is 32.7 Å². The summed E-state index contributed by atoms with van der Waals surface area (Å²) in [6.07, 6.45) is 3.33. The van der Waals surface area contributed by atoms with E-state index in [4.69, 9.17) is 16.7 Å². The lowest BCUT2D eigenvalue weighted by atomic mass is 10.1. The third-order valence-electron chi connectivity index (χ3n) is 2.86. The first-order chi connectivity index (χ1) is 8.13. The molecule has 1 amide bonds. The van der Waals surface area contributed by atoms with E-state index in [-0.39, 0.29) is 18.6 Å². The molecule has 96 valence electrons. The normalized spacial score (nSPS) is 10.9. The van der Waals surface area contributed by atoms with Gasteiger partial charge in [0.15, 0.2) is 0 Å². The number of H-pyrrole nitrogens is 1. The van der Waals surface area contributed by atoms with E-state index in [1.54, 1.807) is 17.2 Å². The molecule has 1 aromatic heterocycles. The van der Waals surface area contributed by atoms with Gasteiger partial charge in [-0.1, -0.05) is 25.4 Å². The van der Waals surface area contributed by atoms with E-state index in [1.165, 1.54) is 0 Å². The molecule has 0 aliphatic carbocycles. The minimum Gasteiger partial charge on any atom is -0.395 e. The molecule has 1 aromatic rings. The fraction of sp³-hybridized carbons (Fsp3) is 0.583. The lowest BCUT2D eigenvalue weighted by Gasteiger charge is -2.29. The largest absolute Gasteiger partial charge is 0.395 e. The molecule has 0 aliphatic heterocycles. The molecule has 0 unspecified atom stereocenters. The zero-order valence-electron chi connectivity index (χ0n) is 10.2. The summed E-state index contributed by atoms with van der Waals surface area (Å²) in [7, 11) is 0. The molecule has 5 heteroatoms. The Morgan fingerprint density at radius 3 is 2.59 bits per heavy atom. The number of nitrogens with zero attached hydrogens (tertiary/aromatic N) is 1. The van der Waals surface area contributed by atoms with E-state index in [0.29, 0.717) is 17.3 Å². The van der Waals surface area contributed by atoms with Crippen LogP contribution in [0.2, 0.25) is 5.02 Å². The summed E-state index contributed by atoms with van der Waals surface area (Å²) >= 11 is 5.78. The van der Waals surface area contributed by atoms with E-state index in [1.807, 2.05) is 13.8 Å². The third kappa shape index (κ3) is 3.48. The van der Waals surface area contributed by atoms with Crippen LogP contribution in [0.15, 0.2) is 12.3 Å². The molecule has 4 nitrogen and oxygen atoms in total. The van der Waals surface area contributed by atoms with Gasteiger partial charge in [0.05, 0.1) is 11.6 Å². The first-order valence-electron chi connectivity index (χ1n) is 5.89. The number of nitrogens with one attached hydrogen (secondary N) is 1. The van der Waals surface area contributed by atoms with Gasteiger partial charge in [0, 0.05) is 18.8 Å². The summed E-state index contributed by atoms with van der Waals surface area (Å²) in [5.41, 5.74) is 0.468.